The summed E-state index contributed by atoms with van der Waals surface area (Å²) in [6.07, 6.45) is 4.20. The zero-order chi connectivity index (χ0) is 14.6. The summed E-state index contributed by atoms with van der Waals surface area (Å²) in [4.78, 5) is 26.1. The van der Waals surface area contributed by atoms with Crippen LogP contribution in [0.3, 0.4) is 0 Å². The fourth-order valence-electron chi connectivity index (χ4n) is 2.83. The molecule has 2 rings (SSSR count). The molecule has 20 heavy (non-hydrogen) atoms. The molecule has 0 atom stereocenters. The van der Waals surface area contributed by atoms with Crippen molar-refractivity contribution in [3.05, 3.63) is 45.5 Å². The van der Waals surface area contributed by atoms with Gasteiger partial charge in [-0.2, -0.15) is 0 Å². The fraction of sp³-hybridized carbons (Fsp3) is 0.500. The van der Waals surface area contributed by atoms with Crippen molar-refractivity contribution < 1.29 is 19.8 Å². The zero-order valence-corrected chi connectivity index (χ0v) is 11.1. The molecule has 0 aromatic heterocycles. The molecule has 0 amide bonds. The number of carboxylic acid groups (broad SMARTS) is 1. The first-order chi connectivity index (χ1) is 9.54. The number of rotatable bonds is 5. The third kappa shape index (κ3) is 2.89. The Labute approximate surface area is 116 Å². The largest absolute Gasteiger partial charge is 0.481 e. The maximum absolute atomic E-state index is 11.7. The maximum atomic E-state index is 11.7. The van der Waals surface area contributed by atoms with Crippen LogP contribution in [0, 0.1) is 10.1 Å². The number of hydrogen-bond acceptors (Lipinski definition) is 4. The summed E-state index contributed by atoms with van der Waals surface area (Å²) in [6, 6.07) is 6.88. The minimum Gasteiger partial charge on any atom is -0.481 e. The van der Waals surface area contributed by atoms with Crippen molar-refractivity contribution in [2.24, 2.45) is 0 Å². The van der Waals surface area contributed by atoms with Crippen LogP contribution < -0.4 is 0 Å². The third-order valence-corrected chi connectivity index (χ3v) is 3.96. The smallest absolute Gasteiger partial charge is 0.314 e. The lowest BCUT2D eigenvalue weighted by Crippen LogP contribution is -2.37. The minimum absolute atomic E-state index is 0.118. The van der Waals surface area contributed by atoms with Gasteiger partial charge in [-0.3, -0.25) is 4.79 Å². The van der Waals surface area contributed by atoms with E-state index in [2.05, 4.69) is 4.84 Å². The zero-order valence-electron chi connectivity index (χ0n) is 11.1. The summed E-state index contributed by atoms with van der Waals surface area (Å²) in [6.45, 7) is -0.118. The Hall–Kier alpha value is -2.11. The molecule has 0 saturated heterocycles. The van der Waals surface area contributed by atoms with Gasteiger partial charge in [-0.1, -0.05) is 43.5 Å². The predicted octanol–water partition coefficient (Wildman–Crippen LogP) is 2.68. The van der Waals surface area contributed by atoms with Gasteiger partial charge in [-0.15, -0.1) is 10.1 Å². The first-order valence-corrected chi connectivity index (χ1v) is 6.65. The van der Waals surface area contributed by atoms with Crippen molar-refractivity contribution in [3.8, 4) is 0 Å². The molecule has 1 fully saturated rings. The molecule has 6 nitrogen and oxygen atoms in total. The highest BCUT2D eigenvalue weighted by Crippen LogP contribution is 2.39. The molecule has 0 radical (unpaired) electrons. The molecular weight excluding hydrogens is 262 g/mol. The predicted molar refractivity (Wildman–Crippen MR) is 70.6 cm³/mol. The van der Waals surface area contributed by atoms with Gasteiger partial charge in [0.1, 0.15) is 6.61 Å². The molecule has 0 spiro atoms. The second-order valence-electron chi connectivity index (χ2n) is 5.14. The molecule has 6 heteroatoms. The highest BCUT2D eigenvalue weighted by Gasteiger charge is 2.41. The van der Waals surface area contributed by atoms with E-state index in [1.807, 2.05) is 0 Å². The number of benzene rings is 1. The van der Waals surface area contributed by atoms with Gasteiger partial charge in [-0.05, 0) is 24.0 Å². The fourth-order valence-corrected chi connectivity index (χ4v) is 2.83. The second kappa shape index (κ2) is 5.90. The van der Waals surface area contributed by atoms with Gasteiger partial charge >= 0.3 is 5.97 Å². The van der Waals surface area contributed by atoms with Crippen LogP contribution >= 0.6 is 0 Å². The van der Waals surface area contributed by atoms with Gasteiger partial charge in [0.2, 0.25) is 0 Å². The molecule has 1 aliphatic carbocycles. The Bertz CT molecular complexity index is 491. The van der Waals surface area contributed by atoms with Crippen LogP contribution in [0.1, 0.15) is 43.2 Å². The molecule has 1 aromatic carbocycles. The number of carbonyl (C=O) groups is 1. The molecule has 1 N–H and O–H groups in total. The number of nitrogens with zero attached hydrogens (tertiary/aromatic N) is 1. The normalized spacial score (nSPS) is 17.4. The molecule has 0 unspecified atom stereocenters. The lowest BCUT2D eigenvalue weighted by atomic mass is 9.69. The molecule has 1 saturated carbocycles. The number of aliphatic carboxylic acids is 1. The molecule has 1 aliphatic rings. The van der Waals surface area contributed by atoms with E-state index in [1.165, 1.54) is 0 Å². The number of carboxylic acids is 1. The SMILES string of the molecule is O=C(O)C1(c2ccc(CO[N+](=O)[O-])cc2)CCCCC1. The molecule has 0 aliphatic heterocycles. The molecule has 1 aromatic rings. The van der Waals surface area contributed by atoms with Crippen LogP contribution in [-0.2, 0) is 21.7 Å². The maximum Gasteiger partial charge on any atom is 0.314 e. The summed E-state index contributed by atoms with van der Waals surface area (Å²) >= 11 is 0. The van der Waals surface area contributed by atoms with E-state index in [9.17, 15) is 20.0 Å². The summed E-state index contributed by atoms with van der Waals surface area (Å²) in [5.41, 5.74) is 0.622. The molecular formula is C14H17NO5. The second-order valence-corrected chi connectivity index (χ2v) is 5.14. The van der Waals surface area contributed by atoms with Gasteiger partial charge < -0.3 is 9.94 Å². The van der Waals surface area contributed by atoms with Crippen molar-refractivity contribution >= 4 is 5.97 Å². The topological polar surface area (TPSA) is 89.7 Å². The Morgan fingerprint density at radius 2 is 1.85 bits per heavy atom. The Balaban J connectivity index is 2.18. The highest BCUT2D eigenvalue weighted by atomic mass is 16.9. The monoisotopic (exact) mass is 279 g/mol. The van der Waals surface area contributed by atoms with Crippen molar-refractivity contribution in [2.75, 3.05) is 0 Å². The van der Waals surface area contributed by atoms with Crippen LogP contribution in [0.25, 0.3) is 0 Å². The van der Waals surface area contributed by atoms with E-state index >= 15 is 0 Å². The average Bonchev–Trinajstić information content (AvgIpc) is 2.46. The van der Waals surface area contributed by atoms with Gasteiger partial charge in [0, 0.05) is 0 Å². The minimum atomic E-state index is -0.839. The standard InChI is InChI=1S/C14H17NO5/c16-13(17)14(8-2-1-3-9-14)12-6-4-11(5-7-12)10-20-15(18)19/h4-7H,1-3,8-10H2,(H,16,17). The molecule has 0 bridgehead atoms. The average molecular weight is 279 g/mol. The Morgan fingerprint density at radius 3 is 2.35 bits per heavy atom. The van der Waals surface area contributed by atoms with Crippen LogP contribution in [0.4, 0.5) is 0 Å². The van der Waals surface area contributed by atoms with Crippen molar-refractivity contribution in [3.63, 3.8) is 0 Å². The van der Waals surface area contributed by atoms with Gasteiger partial charge in [-0.25, -0.2) is 0 Å². The summed E-state index contributed by atoms with van der Waals surface area (Å²) in [5, 5.41) is 18.9. The van der Waals surface area contributed by atoms with E-state index in [4.69, 9.17) is 0 Å². The lowest BCUT2D eigenvalue weighted by molar-refractivity contribution is -0.763. The van der Waals surface area contributed by atoms with E-state index in [-0.39, 0.29) is 6.61 Å². The third-order valence-electron chi connectivity index (χ3n) is 3.96. The van der Waals surface area contributed by atoms with Crippen LogP contribution in [-0.4, -0.2) is 16.2 Å². The van der Waals surface area contributed by atoms with E-state index < -0.39 is 16.5 Å². The first-order valence-electron chi connectivity index (χ1n) is 6.65. The van der Waals surface area contributed by atoms with Gasteiger partial charge in [0.15, 0.2) is 0 Å². The van der Waals surface area contributed by atoms with E-state index in [1.54, 1.807) is 24.3 Å². The Morgan fingerprint density at radius 1 is 1.25 bits per heavy atom. The summed E-state index contributed by atoms with van der Waals surface area (Å²) < 4.78 is 0. The first kappa shape index (κ1) is 14.3. The quantitative estimate of drug-likeness (QED) is 0.661. The van der Waals surface area contributed by atoms with Crippen molar-refractivity contribution in [1.82, 2.24) is 0 Å². The van der Waals surface area contributed by atoms with E-state index in [0.29, 0.717) is 18.4 Å². The summed E-state index contributed by atoms with van der Waals surface area (Å²) in [7, 11) is 0. The van der Waals surface area contributed by atoms with E-state index in [0.717, 1.165) is 24.8 Å². The Kier molecular flexibility index (Phi) is 4.22. The van der Waals surface area contributed by atoms with Gasteiger partial charge in [0.05, 0.1) is 5.41 Å². The highest BCUT2D eigenvalue weighted by molar-refractivity contribution is 5.81. The molecule has 108 valence electrons. The van der Waals surface area contributed by atoms with Crippen molar-refractivity contribution in [1.29, 1.82) is 0 Å². The number of hydrogen-bond donors (Lipinski definition) is 1. The summed E-state index contributed by atoms with van der Waals surface area (Å²) in [5.74, 6) is -0.786. The van der Waals surface area contributed by atoms with Gasteiger partial charge in [0.25, 0.3) is 5.09 Å². The lowest BCUT2D eigenvalue weighted by Gasteiger charge is -2.33. The van der Waals surface area contributed by atoms with Crippen LogP contribution in [0.15, 0.2) is 24.3 Å². The van der Waals surface area contributed by atoms with Crippen LogP contribution in [0.2, 0.25) is 0 Å². The van der Waals surface area contributed by atoms with Crippen molar-refractivity contribution in [2.45, 2.75) is 44.1 Å². The molecule has 0 heterocycles. The van der Waals surface area contributed by atoms with Crippen LogP contribution in [0.5, 0.6) is 0 Å².